The van der Waals surface area contributed by atoms with Gasteiger partial charge in [0.1, 0.15) is 17.7 Å². The van der Waals surface area contributed by atoms with Crippen LogP contribution in [0.25, 0.3) is 16.6 Å². The molecule has 0 amide bonds. The summed E-state index contributed by atoms with van der Waals surface area (Å²) in [5.74, 6) is 0.664. The van der Waals surface area contributed by atoms with Crippen molar-refractivity contribution in [2.45, 2.75) is 35.4 Å². The molecule has 1 aliphatic rings. The highest BCUT2D eigenvalue weighted by Crippen LogP contribution is 2.47. The normalized spacial score (nSPS) is 20.8. The van der Waals surface area contributed by atoms with E-state index in [2.05, 4.69) is 15.2 Å². The number of nitrogens with zero attached hydrogens (tertiary/aromatic N) is 4. The molecule has 3 aromatic heterocycles. The summed E-state index contributed by atoms with van der Waals surface area (Å²) in [6, 6.07) is 6.52. The molecule has 184 valence electrons. The third-order valence-electron chi connectivity index (χ3n) is 6.55. The molecule has 0 bridgehead atoms. The molecule has 4 aromatic rings. The molecule has 1 aliphatic carbocycles. The van der Waals surface area contributed by atoms with Crippen LogP contribution in [0.4, 0.5) is 13.2 Å². The number of aromatic amines is 1. The average molecular weight is 507 g/mol. The average Bonchev–Trinajstić information content (AvgIpc) is 3.38. The minimum atomic E-state index is -4.91. The number of rotatable bonds is 4. The number of pyridine rings is 1. The van der Waals surface area contributed by atoms with Crippen molar-refractivity contribution in [1.82, 2.24) is 24.3 Å². The van der Waals surface area contributed by atoms with Gasteiger partial charge >= 0.3 is 6.18 Å². The van der Waals surface area contributed by atoms with Crippen LogP contribution in [0.5, 0.6) is 0 Å². The molecule has 0 atom stereocenters. The van der Waals surface area contributed by atoms with Crippen LogP contribution >= 0.6 is 0 Å². The Bertz CT molecular complexity index is 1630. The molecule has 0 aliphatic heterocycles. The molecule has 35 heavy (non-hydrogen) atoms. The number of sulfone groups is 1. The molecule has 5 rings (SSSR count). The molecule has 3 N–H and O–H groups in total. The van der Waals surface area contributed by atoms with Crippen LogP contribution in [-0.2, 0) is 28.5 Å². The van der Waals surface area contributed by atoms with Gasteiger partial charge in [-0.25, -0.2) is 8.42 Å². The number of nitrogens with one attached hydrogen (secondary N) is 1. The number of fused-ring (bicyclic) bond motifs is 1. The van der Waals surface area contributed by atoms with Gasteiger partial charge in [0.15, 0.2) is 9.84 Å². The van der Waals surface area contributed by atoms with Gasteiger partial charge in [-0.3, -0.25) is 9.36 Å². The largest absolute Gasteiger partial charge is 0.418 e. The number of alkyl halides is 3. The van der Waals surface area contributed by atoms with Crippen LogP contribution < -0.4 is 11.3 Å². The van der Waals surface area contributed by atoms with E-state index in [1.54, 1.807) is 30.1 Å². The molecule has 13 heteroatoms. The summed E-state index contributed by atoms with van der Waals surface area (Å²) in [6.45, 7) is 0. The van der Waals surface area contributed by atoms with Gasteiger partial charge in [-0.1, -0.05) is 12.1 Å². The van der Waals surface area contributed by atoms with Gasteiger partial charge in [0.25, 0.3) is 5.56 Å². The first-order valence-corrected chi connectivity index (χ1v) is 12.5. The summed E-state index contributed by atoms with van der Waals surface area (Å²) < 4.78 is 69.0. The zero-order valence-electron chi connectivity index (χ0n) is 18.7. The number of halogens is 3. The van der Waals surface area contributed by atoms with E-state index in [0.29, 0.717) is 24.9 Å². The van der Waals surface area contributed by atoms with Crippen LogP contribution in [0.1, 0.15) is 29.8 Å². The zero-order chi connectivity index (χ0) is 25.3. The summed E-state index contributed by atoms with van der Waals surface area (Å²) in [7, 11) is -2.23. The number of nitrogens with two attached hydrogens (primary N) is 1. The van der Waals surface area contributed by atoms with E-state index in [9.17, 15) is 26.4 Å². The first-order valence-electron chi connectivity index (χ1n) is 10.6. The van der Waals surface area contributed by atoms with E-state index >= 15 is 0 Å². The van der Waals surface area contributed by atoms with Crippen molar-refractivity contribution in [3.8, 4) is 5.69 Å². The number of aryl methyl sites for hydroxylation is 1. The fraction of sp³-hybridized carbons (Fsp3) is 0.318. The Kier molecular flexibility index (Phi) is 5.01. The third-order valence-corrected chi connectivity index (χ3v) is 7.67. The van der Waals surface area contributed by atoms with E-state index in [1.165, 1.54) is 6.07 Å². The van der Waals surface area contributed by atoms with Crippen molar-refractivity contribution in [2.24, 2.45) is 12.8 Å². The molecule has 0 saturated heterocycles. The van der Waals surface area contributed by atoms with Gasteiger partial charge in [0, 0.05) is 42.8 Å². The van der Waals surface area contributed by atoms with E-state index in [4.69, 9.17) is 5.73 Å². The van der Waals surface area contributed by atoms with Crippen LogP contribution in [0.2, 0.25) is 0 Å². The summed E-state index contributed by atoms with van der Waals surface area (Å²) >= 11 is 0. The third kappa shape index (κ3) is 3.57. The molecule has 0 radical (unpaired) electrons. The van der Waals surface area contributed by atoms with E-state index in [1.807, 2.05) is 6.07 Å². The van der Waals surface area contributed by atoms with Crippen LogP contribution in [-0.4, -0.2) is 45.0 Å². The molecule has 0 unspecified atom stereocenters. The second kappa shape index (κ2) is 7.52. The van der Waals surface area contributed by atoms with Gasteiger partial charge in [-0.05, 0) is 30.5 Å². The first-order chi connectivity index (χ1) is 16.3. The Labute approximate surface area is 197 Å². The van der Waals surface area contributed by atoms with Crippen LogP contribution in [0.3, 0.4) is 0 Å². The van der Waals surface area contributed by atoms with Gasteiger partial charge in [0.2, 0.25) is 0 Å². The quantitative estimate of drug-likeness (QED) is 0.437. The van der Waals surface area contributed by atoms with E-state index in [-0.39, 0.29) is 11.7 Å². The van der Waals surface area contributed by atoms with E-state index in [0.717, 1.165) is 22.6 Å². The molecular weight excluding hydrogens is 485 g/mol. The van der Waals surface area contributed by atoms with Crippen molar-refractivity contribution >= 4 is 20.7 Å². The molecule has 9 nitrogen and oxygen atoms in total. The van der Waals surface area contributed by atoms with Crippen molar-refractivity contribution in [3.05, 3.63) is 70.3 Å². The summed E-state index contributed by atoms with van der Waals surface area (Å²) in [6.07, 6.45) is 0.110. The van der Waals surface area contributed by atoms with Gasteiger partial charge < -0.3 is 15.3 Å². The van der Waals surface area contributed by atoms with Gasteiger partial charge in [-0.2, -0.15) is 13.2 Å². The smallest absolute Gasteiger partial charge is 0.355 e. The highest BCUT2D eigenvalue weighted by molar-refractivity contribution is 7.91. The molecule has 1 fully saturated rings. The van der Waals surface area contributed by atoms with E-state index < -0.39 is 48.3 Å². The maximum atomic E-state index is 14.0. The standard InChI is InChI=1S/C22H21F3N6O3S/c1-30-11-28-29-20(30)21(7-13(26)8-21)12-4-3-5-14(6-12)31-10-15(22(23,24)25)17-16(35(2,33)34)9-27-18(17)19(31)32/h3-6,9-11,13,27H,7-8,26H2,1-2H3. The SMILES string of the molecule is Cn1cnnc1C1(c2cccc(-n3cc(C(F)(F)F)c4c(S(C)(=O)=O)c[nH]c4c3=O)c2)CC(N)C1. The summed E-state index contributed by atoms with van der Waals surface area (Å²) in [4.78, 5) is 15.1. The molecule has 0 spiro atoms. The van der Waals surface area contributed by atoms with Crippen molar-refractivity contribution < 1.29 is 21.6 Å². The Balaban J connectivity index is 1.75. The topological polar surface area (TPSA) is 129 Å². The number of hydrogen-bond donors (Lipinski definition) is 2. The van der Waals surface area contributed by atoms with Crippen molar-refractivity contribution in [2.75, 3.05) is 6.26 Å². The zero-order valence-corrected chi connectivity index (χ0v) is 19.5. The van der Waals surface area contributed by atoms with Crippen LogP contribution in [0.15, 0.2) is 52.7 Å². The minimum absolute atomic E-state index is 0.0837. The van der Waals surface area contributed by atoms with Crippen molar-refractivity contribution in [3.63, 3.8) is 0 Å². The number of hydrogen-bond acceptors (Lipinski definition) is 6. The highest BCUT2D eigenvalue weighted by Gasteiger charge is 2.48. The lowest BCUT2D eigenvalue weighted by Crippen LogP contribution is -2.51. The Morgan fingerprint density at radius 2 is 1.97 bits per heavy atom. The van der Waals surface area contributed by atoms with Gasteiger partial charge in [0.05, 0.1) is 15.9 Å². The molecule has 1 saturated carbocycles. The number of H-pyrrole nitrogens is 1. The minimum Gasteiger partial charge on any atom is -0.355 e. The summed E-state index contributed by atoms with van der Waals surface area (Å²) in [5.41, 5.74) is 3.94. The lowest BCUT2D eigenvalue weighted by molar-refractivity contribution is -0.136. The molecule has 1 aromatic carbocycles. The Hall–Kier alpha value is -3.45. The molecular formula is C22H21F3N6O3S. The molecule has 3 heterocycles. The highest BCUT2D eigenvalue weighted by atomic mass is 32.2. The second-order valence-corrected chi connectivity index (χ2v) is 10.9. The fourth-order valence-electron chi connectivity index (χ4n) is 4.97. The summed E-state index contributed by atoms with van der Waals surface area (Å²) in [5, 5.41) is 7.51. The monoisotopic (exact) mass is 506 g/mol. The lowest BCUT2D eigenvalue weighted by atomic mass is 9.61. The Morgan fingerprint density at radius 1 is 1.26 bits per heavy atom. The maximum Gasteiger partial charge on any atom is 0.418 e. The number of benzene rings is 1. The Morgan fingerprint density at radius 3 is 2.54 bits per heavy atom. The van der Waals surface area contributed by atoms with Crippen molar-refractivity contribution in [1.29, 1.82) is 0 Å². The predicted molar refractivity (Wildman–Crippen MR) is 121 cm³/mol. The predicted octanol–water partition coefficient (Wildman–Crippen LogP) is 2.28. The van der Waals surface area contributed by atoms with Crippen LogP contribution in [0, 0.1) is 0 Å². The second-order valence-electron chi connectivity index (χ2n) is 8.96. The first kappa shape index (κ1) is 23.3. The van der Waals surface area contributed by atoms with Gasteiger partial charge in [-0.15, -0.1) is 10.2 Å². The fourth-order valence-corrected chi connectivity index (χ4v) is 5.82. The maximum absolute atomic E-state index is 14.0. The lowest BCUT2D eigenvalue weighted by Gasteiger charge is -2.45. The number of aromatic nitrogens is 5.